The Bertz CT molecular complexity index is 492. The van der Waals surface area contributed by atoms with Crippen LogP contribution in [0.5, 0.6) is 0 Å². The van der Waals surface area contributed by atoms with E-state index in [1.165, 1.54) is 19.9 Å². The fourth-order valence-electron chi connectivity index (χ4n) is 2.24. The van der Waals surface area contributed by atoms with Crippen molar-refractivity contribution in [2.75, 3.05) is 19.5 Å². The summed E-state index contributed by atoms with van der Waals surface area (Å²) in [6.07, 6.45) is 2.78. The van der Waals surface area contributed by atoms with Crippen LogP contribution in [0.3, 0.4) is 0 Å². The zero-order valence-electron chi connectivity index (χ0n) is 10.8. The van der Waals surface area contributed by atoms with Crippen LogP contribution >= 0.6 is 22.9 Å². The summed E-state index contributed by atoms with van der Waals surface area (Å²) in [5.74, 6) is 0.351. The highest BCUT2D eigenvalue weighted by Crippen LogP contribution is 2.23. The van der Waals surface area contributed by atoms with Crippen molar-refractivity contribution in [1.82, 2.24) is 13.6 Å². The van der Waals surface area contributed by atoms with E-state index in [1.807, 2.05) is 5.38 Å². The minimum absolute atomic E-state index is 0.0849. The maximum Gasteiger partial charge on any atom is 0.282 e. The highest BCUT2D eigenvalue weighted by molar-refractivity contribution is 7.86. The van der Waals surface area contributed by atoms with Crippen molar-refractivity contribution in [3.63, 3.8) is 0 Å². The number of rotatable bonds is 5. The molecule has 2 rings (SSSR count). The zero-order chi connectivity index (χ0) is 13.9. The molecule has 1 saturated heterocycles. The third-order valence-electron chi connectivity index (χ3n) is 3.31. The van der Waals surface area contributed by atoms with Gasteiger partial charge < -0.3 is 0 Å². The van der Waals surface area contributed by atoms with E-state index in [0.717, 1.165) is 25.0 Å². The van der Waals surface area contributed by atoms with Crippen LogP contribution < -0.4 is 0 Å². The lowest BCUT2D eigenvalue weighted by molar-refractivity contribution is 0.251. The Hall–Kier alpha value is -0.210. The van der Waals surface area contributed by atoms with Crippen LogP contribution in [0.4, 0.5) is 0 Å². The molecule has 0 bridgehead atoms. The SMILES string of the molecule is CN(Cc1cscn1)S(=O)(=O)N1CCCCC1CCl. The maximum absolute atomic E-state index is 12.5. The van der Waals surface area contributed by atoms with Crippen LogP contribution in [0.25, 0.3) is 0 Å². The fraction of sp³-hybridized carbons (Fsp3) is 0.727. The van der Waals surface area contributed by atoms with Gasteiger partial charge in [0.15, 0.2) is 0 Å². The van der Waals surface area contributed by atoms with Crippen molar-refractivity contribution in [3.8, 4) is 0 Å². The van der Waals surface area contributed by atoms with Gasteiger partial charge in [-0.05, 0) is 12.8 Å². The summed E-state index contributed by atoms with van der Waals surface area (Å²) < 4.78 is 28.0. The molecule has 1 aliphatic rings. The van der Waals surface area contributed by atoms with Gasteiger partial charge in [-0.2, -0.15) is 17.0 Å². The second kappa shape index (κ2) is 6.49. The largest absolute Gasteiger partial charge is 0.282 e. The lowest BCUT2D eigenvalue weighted by Gasteiger charge is -2.35. The Morgan fingerprint density at radius 1 is 1.58 bits per heavy atom. The lowest BCUT2D eigenvalue weighted by Crippen LogP contribution is -2.50. The average Bonchev–Trinajstić information content (AvgIpc) is 2.91. The van der Waals surface area contributed by atoms with E-state index in [0.29, 0.717) is 19.0 Å². The van der Waals surface area contributed by atoms with Gasteiger partial charge in [0, 0.05) is 30.9 Å². The topological polar surface area (TPSA) is 53.5 Å². The molecule has 0 aromatic carbocycles. The lowest BCUT2D eigenvalue weighted by atomic mass is 10.1. The predicted molar refractivity (Wildman–Crippen MR) is 77.6 cm³/mol. The van der Waals surface area contributed by atoms with Crippen molar-refractivity contribution in [2.24, 2.45) is 0 Å². The van der Waals surface area contributed by atoms with Gasteiger partial charge in [0.05, 0.1) is 17.7 Å². The first kappa shape index (κ1) is 15.2. The minimum Gasteiger partial charge on any atom is -0.248 e. The van der Waals surface area contributed by atoms with E-state index in [4.69, 9.17) is 11.6 Å². The number of piperidine rings is 1. The summed E-state index contributed by atoms with van der Waals surface area (Å²) in [5.41, 5.74) is 2.48. The summed E-state index contributed by atoms with van der Waals surface area (Å²) >= 11 is 7.36. The van der Waals surface area contributed by atoms with Crippen molar-refractivity contribution in [3.05, 3.63) is 16.6 Å². The van der Waals surface area contributed by atoms with E-state index in [1.54, 1.807) is 12.6 Å². The molecule has 0 spiro atoms. The second-order valence-corrected chi connectivity index (χ2v) is 7.67. The normalized spacial score (nSPS) is 21.9. The first-order chi connectivity index (χ1) is 9.05. The molecule has 0 amide bonds. The third-order valence-corrected chi connectivity index (χ3v) is 6.29. The van der Waals surface area contributed by atoms with E-state index >= 15 is 0 Å². The molecule has 1 aliphatic heterocycles. The van der Waals surface area contributed by atoms with Gasteiger partial charge in [0.1, 0.15) is 0 Å². The number of nitrogens with zero attached hydrogens (tertiary/aromatic N) is 3. The van der Waals surface area contributed by atoms with Gasteiger partial charge in [-0.15, -0.1) is 22.9 Å². The predicted octanol–water partition coefficient (Wildman–Crippen LogP) is 1.91. The molecular weight excluding hydrogens is 306 g/mol. The van der Waals surface area contributed by atoms with Gasteiger partial charge in [0.2, 0.25) is 0 Å². The fourth-order valence-corrected chi connectivity index (χ4v) is 4.76. The molecule has 5 nitrogen and oxygen atoms in total. The molecule has 1 aromatic heterocycles. The van der Waals surface area contributed by atoms with Crippen molar-refractivity contribution >= 4 is 33.1 Å². The minimum atomic E-state index is -3.45. The number of thiazole rings is 1. The Morgan fingerprint density at radius 3 is 3.00 bits per heavy atom. The molecule has 1 fully saturated rings. The quantitative estimate of drug-likeness (QED) is 0.778. The van der Waals surface area contributed by atoms with Gasteiger partial charge in [-0.25, -0.2) is 4.98 Å². The second-order valence-electron chi connectivity index (χ2n) is 4.66. The zero-order valence-corrected chi connectivity index (χ0v) is 13.2. The molecule has 19 heavy (non-hydrogen) atoms. The first-order valence-electron chi connectivity index (χ1n) is 6.22. The van der Waals surface area contributed by atoms with Crippen LogP contribution in [0.2, 0.25) is 0 Å². The van der Waals surface area contributed by atoms with E-state index in [2.05, 4.69) is 4.98 Å². The summed E-state index contributed by atoms with van der Waals surface area (Å²) in [4.78, 5) is 4.12. The maximum atomic E-state index is 12.5. The number of halogens is 1. The molecule has 0 saturated carbocycles. The third kappa shape index (κ3) is 3.46. The molecule has 1 atom stereocenters. The smallest absolute Gasteiger partial charge is 0.248 e. The van der Waals surface area contributed by atoms with Gasteiger partial charge >= 0.3 is 0 Å². The summed E-state index contributed by atoms with van der Waals surface area (Å²) in [6, 6.07) is -0.0849. The summed E-state index contributed by atoms with van der Waals surface area (Å²) in [6.45, 7) is 0.860. The molecular formula is C11H18ClN3O2S2. The highest BCUT2D eigenvalue weighted by atomic mass is 35.5. The van der Waals surface area contributed by atoms with E-state index in [-0.39, 0.29) is 6.04 Å². The molecule has 8 heteroatoms. The monoisotopic (exact) mass is 323 g/mol. The van der Waals surface area contributed by atoms with Crippen LogP contribution in [0.15, 0.2) is 10.9 Å². The average molecular weight is 324 g/mol. The van der Waals surface area contributed by atoms with Gasteiger partial charge in [-0.3, -0.25) is 0 Å². The Balaban J connectivity index is 2.11. The number of aromatic nitrogens is 1. The van der Waals surface area contributed by atoms with Crippen LogP contribution in [0, 0.1) is 0 Å². The summed E-state index contributed by atoms with van der Waals surface area (Å²) in [5, 5.41) is 1.86. The Labute approximate surface area is 123 Å². The number of alkyl halides is 1. The highest BCUT2D eigenvalue weighted by Gasteiger charge is 2.34. The van der Waals surface area contributed by atoms with Crippen molar-refractivity contribution in [2.45, 2.75) is 31.8 Å². The number of hydrogen-bond acceptors (Lipinski definition) is 4. The van der Waals surface area contributed by atoms with E-state index in [9.17, 15) is 8.42 Å². The summed E-state index contributed by atoms with van der Waals surface area (Å²) in [7, 11) is -1.86. The Morgan fingerprint density at radius 2 is 2.37 bits per heavy atom. The molecule has 0 N–H and O–H groups in total. The van der Waals surface area contributed by atoms with E-state index < -0.39 is 10.2 Å². The Kier molecular flexibility index (Phi) is 5.19. The van der Waals surface area contributed by atoms with Crippen LogP contribution in [0.1, 0.15) is 25.0 Å². The molecule has 108 valence electrons. The van der Waals surface area contributed by atoms with Crippen LogP contribution in [-0.2, 0) is 16.8 Å². The van der Waals surface area contributed by atoms with Crippen LogP contribution in [-0.4, -0.2) is 47.5 Å². The molecule has 1 unspecified atom stereocenters. The standard InChI is InChI=1S/C11H18ClN3O2S2/c1-14(7-10-8-18-9-13-10)19(16,17)15-5-3-2-4-11(15)6-12/h8-9,11H,2-7H2,1H3. The van der Waals surface area contributed by atoms with Crippen molar-refractivity contribution in [1.29, 1.82) is 0 Å². The molecule has 0 radical (unpaired) electrons. The molecule has 1 aromatic rings. The number of hydrogen-bond donors (Lipinski definition) is 0. The molecule has 0 aliphatic carbocycles. The first-order valence-corrected chi connectivity index (χ1v) is 9.09. The molecule has 2 heterocycles. The van der Waals surface area contributed by atoms with Gasteiger partial charge in [-0.1, -0.05) is 6.42 Å². The van der Waals surface area contributed by atoms with Crippen molar-refractivity contribution < 1.29 is 8.42 Å². The van der Waals surface area contributed by atoms with Gasteiger partial charge in [0.25, 0.3) is 10.2 Å².